The van der Waals surface area contributed by atoms with Gasteiger partial charge in [-0.1, -0.05) is 31.8 Å². The van der Waals surface area contributed by atoms with E-state index in [9.17, 15) is 0 Å². The molecule has 0 radical (unpaired) electrons. The number of aromatic nitrogens is 1. The van der Waals surface area contributed by atoms with Crippen molar-refractivity contribution in [3.8, 4) is 0 Å². The van der Waals surface area contributed by atoms with Crippen molar-refractivity contribution in [3.05, 3.63) is 18.0 Å². The summed E-state index contributed by atoms with van der Waals surface area (Å²) in [6, 6.07) is 2.39. The van der Waals surface area contributed by atoms with Gasteiger partial charge in [-0.15, -0.1) is 0 Å². The number of likely N-dealkylation sites (tertiary alicyclic amines) is 1. The number of rotatable bonds is 7. The normalized spacial score (nSPS) is 18.4. The summed E-state index contributed by atoms with van der Waals surface area (Å²) in [5.41, 5.74) is 0.847. The molecule has 1 aliphatic heterocycles. The van der Waals surface area contributed by atoms with Gasteiger partial charge in [-0.3, -0.25) is 4.90 Å². The van der Waals surface area contributed by atoms with Gasteiger partial charge >= 0.3 is 0 Å². The first-order valence-electron chi connectivity index (χ1n) is 9.36. The van der Waals surface area contributed by atoms with Crippen LogP contribution in [0.2, 0.25) is 0 Å². The van der Waals surface area contributed by atoms with Gasteiger partial charge in [0.15, 0.2) is 5.96 Å². The zero-order valence-electron chi connectivity index (χ0n) is 15.4. The summed E-state index contributed by atoms with van der Waals surface area (Å²) in [6.45, 7) is 11.5. The monoisotopic (exact) mass is 335 g/mol. The summed E-state index contributed by atoms with van der Waals surface area (Å²) in [6.07, 6.45) is 6.97. The van der Waals surface area contributed by atoms with Crippen molar-refractivity contribution in [3.63, 3.8) is 0 Å². The Labute approximate surface area is 146 Å². The third-order valence-corrected chi connectivity index (χ3v) is 4.59. The van der Waals surface area contributed by atoms with Crippen molar-refractivity contribution < 1.29 is 4.52 Å². The van der Waals surface area contributed by atoms with Crippen LogP contribution < -0.4 is 10.6 Å². The highest BCUT2D eigenvalue weighted by molar-refractivity contribution is 5.79. The van der Waals surface area contributed by atoms with E-state index >= 15 is 0 Å². The summed E-state index contributed by atoms with van der Waals surface area (Å²) < 4.78 is 4.86. The number of aliphatic imine (C=N–C) groups is 1. The van der Waals surface area contributed by atoms with E-state index in [4.69, 9.17) is 4.52 Å². The van der Waals surface area contributed by atoms with Gasteiger partial charge in [0.25, 0.3) is 0 Å². The summed E-state index contributed by atoms with van der Waals surface area (Å²) in [5.74, 6) is 1.47. The van der Waals surface area contributed by atoms with E-state index in [-0.39, 0.29) is 0 Å². The van der Waals surface area contributed by atoms with Gasteiger partial charge < -0.3 is 15.2 Å². The summed E-state index contributed by atoms with van der Waals surface area (Å²) in [4.78, 5) is 7.26. The first-order chi connectivity index (χ1) is 11.7. The van der Waals surface area contributed by atoms with E-state index in [1.54, 1.807) is 6.26 Å². The lowest BCUT2D eigenvalue weighted by atomic mass is 10.0. The number of guanidine groups is 1. The molecule has 1 atom stereocenters. The van der Waals surface area contributed by atoms with Crippen LogP contribution in [-0.4, -0.2) is 48.2 Å². The zero-order chi connectivity index (χ0) is 17.2. The lowest BCUT2D eigenvalue weighted by Gasteiger charge is -2.34. The van der Waals surface area contributed by atoms with Crippen molar-refractivity contribution in [2.75, 3.05) is 26.2 Å². The van der Waals surface area contributed by atoms with E-state index in [1.165, 1.54) is 38.8 Å². The van der Waals surface area contributed by atoms with Crippen LogP contribution in [0.1, 0.15) is 52.1 Å². The molecule has 6 heteroatoms. The van der Waals surface area contributed by atoms with Crippen molar-refractivity contribution in [1.82, 2.24) is 20.7 Å². The van der Waals surface area contributed by atoms with Gasteiger partial charge in [-0.25, -0.2) is 4.99 Å². The van der Waals surface area contributed by atoms with Crippen molar-refractivity contribution in [2.24, 2.45) is 10.9 Å². The van der Waals surface area contributed by atoms with Crippen molar-refractivity contribution in [2.45, 2.75) is 59.0 Å². The lowest BCUT2D eigenvalue weighted by molar-refractivity contribution is 0.161. The molecule has 0 bridgehead atoms. The Balaban J connectivity index is 1.92. The SMILES string of the molecule is CCNC(=NCc1ccon1)NCC(C(C)C)N1CCCCCC1. The minimum atomic E-state index is 0.530. The number of hydrogen-bond acceptors (Lipinski definition) is 4. The van der Waals surface area contributed by atoms with Gasteiger partial charge in [0.2, 0.25) is 0 Å². The maximum Gasteiger partial charge on any atom is 0.191 e. The van der Waals surface area contributed by atoms with Crippen molar-refractivity contribution >= 4 is 5.96 Å². The molecule has 1 saturated heterocycles. The molecule has 2 N–H and O–H groups in total. The summed E-state index contributed by atoms with van der Waals surface area (Å²) >= 11 is 0. The summed E-state index contributed by atoms with van der Waals surface area (Å²) in [7, 11) is 0. The van der Waals surface area contributed by atoms with Crippen LogP contribution in [0, 0.1) is 5.92 Å². The average molecular weight is 335 g/mol. The molecule has 0 saturated carbocycles. The second-order valence-electron chi connectivity index (χ2n) is 6.83. The average Bonchev–Trinajstić information content (AvgIpc) is 2.94. The molecule has 0 spiro atoms. The smallest absolute Gasteiger partial charge is 0.191 e. The molecule has 1 unspecified atom stereocenters. The molecule has 24 heavy (non-hydrogen) atoms. The van der Waals surface area contributed by atoms with Crippen LogP contribution in [-0.2, 0) is 6.54 Å². The van der Waals surface area contributed by atoms with Crippen LogP contribution >= 0.6 is 0 Å². The highest BCUT2D eigenvalue weighted by atomic mass is 16.5. The lowest BCUT2D eigenvalue weighted by Crippen LogP contribution is -2.49. The third kappa shape index (κ3) is 6.15. The fraction of sp³-hybridized carbons (Fsp3) is 0.778. The minimum Gasteiger partial charge on any atom is -0.364 e. The van der Waals surface area contributed by atoms with Gasteiger partial charge in [-0.2, -0.15) is 0 Å². The molecule has 0 amide bonds. The highest BCUT2D eigenvalue weighted by Gasteiger charge is 2.22. The molecule has 6 nitrogen and oxygen atoms in total. The Morgan fingerprint density at radius 3 is 2.58 bits per heavy atom. The van der Waals surface area contributed by atoms with Gasteiger partial charge in [-0.05, 0) is 38.8 Å². The van der Waals surface area contributed by atoms with E-state index in [1.807, 2.05) is 6.07 Å². The maximum absolute atomic E-state index is 4.86. The van der Waals surface area contributed by atoms with Crippen LogP contribution in [0.3, 0.4) is 0 Å². The Bertz CT molecular complexity index is 464. The topological polar surface area (TPSA) is 65.7 Å². The van der Waals surface area contributed by atoms with Gasteiger partial charge in [0.05, 0.1) is 6.54 Å². The second-order valence-corrected chi connectivity index (χ2v) is 6.83. The second kappa shape index (κ2) is 10.3. The molecule has 2 heterocycles. The standard InChI is InChI=1S/C18H33N5O/c1-4-19-18(20-13-16-9-12-24-22-16)21-14-17(15(2)3)23-10-7-5-6-8-11-23/h9,12,15,17H,4-8,10-11,13-14H2,1-3H3,(H2,19,20,21). The molecule has 136 valence electrons. The predicted molar refractivity (Wildman–Crippen MR) is 98.0 cm³/mol. The van der Waals surface area contributed by atoms with E-state index in [0.29, 0.717) is 18.5 Å². The predicted octanol–water partition coefficient (Wildman–Crippen LogP) is 2.63. The number of nitrogens with one attached hydrogen (secondary N) is 2. The molecule has 2 rings (SSSR count). The minimum absolute atomic E-state index is 0.530. The van der Waals surface area contributed by atoms with Crippen LogP contribution in [0.25, 0.3) is 0 Å². The van der Waals surface area contributed by atoms with E-state index in [2.05, 4.69) is 46.5 Å². The van der Waals surface area contributed by atoms with Crippen LogP contribution in [0.5, 0.6) is 0 Å². The fourth-order valence-corrected chi connectivity index (χ4v) is 3.24. The molecule has 1 fully saturated rings. The van der Waals surface area contributed by atoms with Crippen molar-refractivity contribution in [1.29, 1.82) is 0 Å². The molecule has 1 aromatic heterocycles. The Morgan fingerprint density at radius 2 is 2.00 bits per heavy atom. The Kier molecular flexibility index (Phi) is 8.08. The largest absolute Gasteiger partial charge is 0.364 e. The van der Waals surface area contributed by atoms with E-state index in [0.717, 1.165) is 24.7 Å². The van der Waals surface area contributed by atoms with Crippen LogP contribution in [0.4, 0.5) is 0 Å². The Morgan fingerprint density at radius 1 is 1.25 bits per heavy atom. The first kappa shape index (κ1) is 18.8. The van der Waals surface area contributed by atoms with Crippen LogP contribution in [0.15, 0.2) is 21.8 Å². The quantitative estimate of drug-likeness (QED) is 0.592. The highest BCUT2D eigenvalue weighted by Crippen LogP contribution is 2.17. The van der Waals surface area contributed by atoms with Gasteiger partial charge in [0.1, 0.15) is 12.0 Å². The molecule has 1 aliphatic rings. The number of nitrogens with zero attached hydrogens (tertiary/aromatic N) is 3. The molecule has 0 aromatic carbocycles. The molecular formula is C18H33N5O. The first-order valence-corrected chi connectivity index (χ1v) is 9.36. The fourth-order valence-electron chi connectivity index (χ4n) is 3.24. The van der Waals surface area contributed by atoms with Gasteiger partial charge in [0, 0.05) is 25.2 Å². The molecule has 1 aromatic rings. The maximum atomic E-state index is 4.86. The zero-order valence-corrected chi connectivity index (χ0v) is 15.4. The Hall–Kier alpha value is -1.56. The molecule has 0 aliphatic carbocycles. The number of hydrogen-bond donors (Lipinski definition) is 2. The molecular weight excluding hydrogens is 302 g/mol. The third-order valence-electron chi connectivity index (χ3n) is 4.59. The van der Waals surface area contributed by atoms with E-state index < -0.39 is 0 Å². The summed E-state index contributed by atoms with van der Waals surface area (Å²) in [5, 5.41) is 10.7.